The van der Waals surface area contributed by atoms with Crippen LogP contribution in [0.3, 0.4) is 0 Å². The van der Waals surface area contributed by atoms with Crippen molar-refractivity contribution < 1.29 is 9.53 Å². The Hall–Kier alpha value is -2.36. The molecule has 1 N–H and O–H groups in total. The minimum absolute atomic E-state index is 0.105. The molecular formula is C17H18N2O2. The Labute approximate surface area is 124 Å². The molecule has 1 amide bonds. The van der Waals surface area contributed by atoms with E-state index >= 15 is 0 Å². The smallest absolute Gasteiger partial charge is 0.253 e. The number of nitrogens with one attached hydrogen (secondary N) is 1. The summed E-state index contributed by atoms with van der Waals surface area (Å²) in [6.45, 7) is 6.49. The molecule has 0 fully saturated rings. The number of amides is 1. The molecule has 4 nitrogen and oxygen atoms in total. The zero-order chi connectivity index (χ0) is 15.0. The number of rotatable bonds is 2. The van der Waals surface area contributed by atoms with E-state index < -0.39 is 0 Å². The Bertz CT molecular complexity index is 710. The average molecular weight is 282 g/mol. The number of hydrogen-bond acceptors (Lipinski definition) is 3. The van der Waals surface area contributed by atoms with Gasteiger partial charge in [-0.15, -0.1) is 0 Å². The van der Waals surface area contributed by atoms with Crippen molar-refractivity contribution >= 4 is 5.91 Å². The molecule has 2 aromatic rings. The first-order valence-electron chi connectivity index (χ1n) is 7.02. The van der Waals surface area contributed by atoms with Crippen LogP contribution in [0.25, 0.3) is 0 Å². The second kappa shape index (κ2) is 5.20. The summed E-state index contributed by atoms with van der Waals surface area (Å²) in [5.74, 6) is 0.795. The Balaban J connectivity index is 1.85. The van der Waals surface area contributed by atoms with E-state index in [2.05, 4.69) is 23.3 Å². The summed E-state index contributed by atoms with van der Waals surface area (Å²) in [4.78, 5) is 16.4. The van der Waals surface area contributed by atoms with Crippen molar-refractivity contribution in [3.63, 3.8) is 0 Å². The van der Waals surface area contributed by atoms with Crippen LogP contribution in [0.1, 0.15) is 38.7 Å². The maximum Gasteiger partial charge on any atom is 0.253 e. The molecule has 3 rings (SSSR count). The van der Waals surface area contributed by atoms with E-state index in [1.807, 2.05) is 26.0 Å². The van der Waals surface area contributed by atoms with Crippen LogP contribution in [-0.4, -0.2) is 17.5 Å². The van der Waals surface area contributed by atoms with E-state index in [0.717, 1.165) is 22.4 Å². The first kappa shape index (κ1) is 13.6. The fourth-order valence-electron chi connectivity index (χ4n) is 2.59. The fraction of sp³-hybridized carbons (Fsp3) is 0.294. The monoisotopic (exact) mass is 282 g/mol. The van der Waals surface area contributed by atoms with Crippen LogP contribution < -0.4 is 10.1 Å². The molecule has 0 saturated carbocycles. The van der Waals surface area contributed by atoms with Gasteiger partial charge in [-0.05, 0) is 43.5 Å². The minimum atomic E-state index is -0.111. The van der Waals surface area contributed by atoms with E-state index in [1.165, 1.54) is 5.56 Å². The third kappa shape index (κ3) is 2.37. The Kier molecular flexibility index (Phi) is 3.37. The molecule has 1 atom stereocenters. The highest BCUT2D eigenvalue weighted by Gasteiger charge is 2.28. The van der Waals surface area contributed by atoms with Crippen LogP contribution in [0.15, 0.2) is 30.6 Å². The van der Waals surface area contributed by atoms with Crippen LogP contribution in [0.4, 0.5) is 0 Å². The lowest BCUT2D eigenvalue weighted by Gasteiger charge is -2.13. The zero-order valence-corrected chi connectivity index (χ0v) is 12.4. The van der Waals surface area contributed by atoms with E-state index in [4.69, 9.17) is 4.74 Å². The zero-order valence-electron chi connectivity index (χ0n) is 12.4. The molecule has 0 radical (unpaired) electrons. The standard InChI is InChI=1S/C17H18N2O2/c1-10-4-5-13-15(9-21-16(13)12(10)3)19-17(20)14-8-18-7-6-11(14)2/h4-8,15H,9H2,1-3H3,(H,19,20). The molecule has 1 aliphatic heterocycles. The van der Waals surface area contributed by atoms with Gasteiger partial charge in [-0.25, -0.2) is 0 Å². The highest BCUT2D eigenvalue weighted by Crippen LogP contribution is 2.36. The first-order valence-corrected chi connectivity index (χ1v) is 7.02. The lowest BCUT2D eigenvalue weighted by Crippen LogP contribution is -2.30. The van der Waals surface area contributed by atoms with Crippen molar-refractivity contribution in [1.82, 2.24) is 10.3 Å². The number of aryl methyl sites for hydroxylation is 2. The normalized spacial score (nSPS) is 16.2. The molecule has 21 heavy (non-hydrogen) atoms. The van der Waals surface area contributed by atoms with Gasteiger partial charge < -0.3 is 10.1 Å². The Morgan fingerprint density at radius 1 is 1.24 bits per heavy atom. The van der Waals surface area contributed by atoms with Crippen molar-refractivity contribution in [2.45, 2.75) is 26.8 Å². The molecule has 1 aromatic carbocycles. The Morgan fingerprint density at radius 3 is 2.81 bits per heavy atom. The van der Waals surface area contributed by atoms with Crippen molar-refractivity contribution in [1.29, 1.82) is 0 Å². The van der Waals surface area contributed by atoms with Crippen molar-refractivity contribution in [3.05, 3.63) is 58.4 Å². The quantitative estimate of drug-likeness (QED) is 0.921. The number of carbonyl (C=O) groups excluding carboxylic acids is 1. The maximum absolute atomic E-state index is 12.4. The van der Waals surface area contributed by atoms with Crippen LogP contribution in [0.5, 0.6) is 5.75 Å². The van der Waals surface area contributed by atoms with Gasteiger partial charge in [-0.2, -0.15) is 0 Å². The van der Waals surface area contributed by atoms with Crippen molar-refractivity contribution in [2.75, 3.05) is 6.61 Å². The van der Waals surface area contributed by atoms with Crippen LogP contribution in [-0.2, 0) is 0 Å². The summed E-state index contributed by atoms with van der Waals surface area (Å²) in [5.41, 5.74) is 4.91. The minimum Gasteiger partial charge on any atom is -0.490 e. The van der Waals surface area contributed by atoms with Gasteiger partial charge in [-0.1, -0.05) is 12.1 Å². The van der Waals surface area contributed by atoms with Crippen molar-refractivity contribution in [2.24, 2.45) is 0 Å². The lowest BCUT2D eigenvalue weighted by molar-refractivity contribution is 0.0929. The number of benzene rings is 1. The van der Waals surface area contributed by atoms with Gasteiger partial charge in [0.15, 0.2) is 0 Å². The molecule has 0 saturated heterocycles. The molecule has 0 spiro atoms. The topological polar surface area (TPSA) is 51.2 Å². The van der Waals surface area contributed by atoms with Gasteiger partial charge in [0, 0.05) is 18.0 Å². The maximum atomic E-state index is 12.4. The van der Waals surface area contributed by atoms with E-state index in [0.29, 0.717) is 12.2 Å². The number of fused-ring (bicyclic) bond motifs is 1. The third-order valence-corrected chi connectivity index (χ3v) is 4.07. The molecule has 1 unspecified atom stereocenters. The molecule has 4 heteroatoms. The first-order chi connectivity index (χ1) is 10.1. The second-order valence-electron chi connectivity index (χ2n) is 5.45. The van der Waals surface area contributed by atoms with Crippen LogP contribution >= 0.6 is 0 Å². The van der Waals surface area contributed by atoms with Crippen LogP contribution in [0.2, 0.25) is 0 Å². The molecule has 1 aromatic heterocycles. The van der Waals surface area contributed by atoms with Crippen LogP contribution in [0, 0.1) is 20.8 Å². The third-order valence-electron chi connectivity index (χ3n) is 4.07. The summed E-state index contributed by atoms with van der Waals surface area (Å²) in [5, 5.41) is 3.03. The lowest BCUT2D eigenvalue weighted by atomic mass is 10.0. The van der Waals surface area contributed by atoms with Gasteiger partial charge in [0.1, 0.15) is 12.4 Å². The number of nitrogens with zero attached hydrogens (tertiary/aromatic N) is 1. The second-order valence-corrected chi connectivity index (χ2v) is 5.45. The van der Waals surface area contributed by atoms with Crippen molar-refractivity contribution in [3.8, 4) is 5.75 Å². The average Bonchev–Trinajstić information content (AvgIpc) is 2.87. The molecule has 1 aliphatic rings. The summed E-state index contributed by atoms with van der Waals surface area (Å²) < 4.78 is 5.76. The predicted molar refractivity (Wildman–Crippen MR) is 80.6 cm³/mol. The summed E-state index contributed by atoms with van der Waals surface area (Å²) >= 11 is 0. The molecular weight excluding hydrogens is 264 g/mol. The summed E-state index contributed by atoms with van der Waals surface area (Å²) in [7, 11) is 0. The molecule has 0 bridgehead atoms. The number of carbonyl (C=O) groups is 1. The van der Waals surface area contributed by atoms with Gasteiger partial charge in [0.05, 0.1) is 11.6 Å². The summed E-state index contributed by atoms with van der Waals surface area (Å²) in [6.07, 6.45) is 3.29. The predicted octanol–water partition coefficient (Wildman–Crippen LogP) is 2.87. The fourth-order valence-corrected chi connectivity index (χ4v) is 2.59. The number of pyridine rings is 1. The van der Waals surface area contributed by atoms with Gasteiger partial charge in [0.25, 0.3) is 5.91 Å². The highest BCUT2D eigenvalue weighted by molar-refractivity contribution is 5.95. The van der Waals surface area contributed by atoms with E-state index in [1.54, 1.807) is 12.4 Å². The largest absolute Gasteiger partial charge is 0.490 e. The number of ether oxygens (including phenoxy) is 1. The SMILES string of the molecule is Cc1ccncc1C(=O)NC1COc2c1ccc(C)c2C. The van der Waals surface area contributed by atoms with E-state index in [-0.39, 0.29) is 11.9 Å². The van der Waals surface area contributed by atoms with E-state index in [9.17, 15) is 4.79 Å². The molecule has 0 aliphatic carbocycles. The highest BCUT2D eigenvalue weighted by atomic mass is 16.5. The molecule has 108 valence electrons. The van der Waals surface area contributed by atoms with Gasteiger partial charge in [-0.3, -0.25) is 9.78 Å². The number of aromatic nitrogens is 1. The van der Waals surface area contributed by atoms with Gasteiger partial charge >= 0.3 is 0 Å². The summed E-state index contributed by atoms with van der Waals surface area (Å²) in [6, 6.07) is 5.83. The molecule has 2 heterocycles. The number of hydrogen-bond donors (Lipinski definition) is 1. The van der Waals surface area contributed by atoms with Gasteiger partial charge in [0.2, 0.25) is 0 Å². The Morgan fingerprint density at radius 2 is 2.05 bits per heavy atom.